The number of carbonyl (C=O) groups excluding carboxylic acids is 1. The van der Waals surface area contributed by atoms with E-state index in [1.807, 2.05) is 54.0 Å². The molecular weight excluding hydrogens is 250 g/mol. The molecule has 1 amide bonds. The zero-order chi connectivity index (χ0) is 14.1. The van der Waals surface area contributed by atoms with E-state index in [-0.39, 0.29) is 0 Å². The first-order chi connectivity index (χ1) is 9.66. The molecule has 2 N–H and O–H groups in total. The molecule has 20 heavy (non-hydrogen) atoms. The van der Waals surface area contributed by atoms with Gasteiger partial charge in [0.15, 0.2) is 0 Å². The number of benzene rings is 1. The number of hydrogen-bond donors (Lipinski definition) is 1. The van der Waals surface area contributed by atoms with Crippen LogP contribution in [0.15, 0.2) is 48.7 Å². The van der Waals surface area contributed by atoms with E-state index >= 15 is 0 Å². The van der Waals surface area contributed by atoms with Gasteiger partial charge in [0.25, 0.3) is 5.91 Å². The molecule has 2 aromatic heterocycles. The summed E-state index contributed by atoms with van der Waals surface area (Å²) in [6.07, 6.45) is 1.75. The van der Waals surface area contributed by atoms with Gasteiger partial charge in [-0.25, -0.2) is 0 Å². The monoisotopic (exact) mass is 265 g/mol. The Morgan fingerprint density at radius 1 is 1.25 bits per heavy atom. The first-order valence-electron chi connectivity index (χ1n) is 6.45. The van der Waals surface area contributed by atoms with E-state index in [0.29, 0.717) is 12.2 Å². The molecule has 0 saturated heterocycles. The zero-order valence-corrected chi connectivity index (χ0v) is 11.2. The van der Waals surface area contributed by atoms with Crippen LogP contribution in [0.25, 0.3) is 10.9 Å². The van der Waals surface area contributed by atoms with E-state index in [1.165, 1.54) is 0 Å². The van der Waals surface area contributed by atoms with Gasteiger partial charge in [-0.2, -0.15) is 0 Å². The molecule has 3 rings (SSSR count). The summed E-state index contributed by atoms with van der Waals surface area (Å²) < 4.78 is 1.94. The Morgan fingerprint density at radius 2 is 2.10 bits per heavy atom. The molecule has 4 nitrogen and oxygen atoms in total. The maximum atomic E-state index is 11.7. The molecule has 0 fully saturated rings. The first kappa shape index (κ1) is 12.4. The van der Waals surface area contributed by atoms with Gasteiger partial charge in [0.2, 0.25) is 0 Å². The van der Waals surface area contributed by atoms with Gasteiger partial charge < -0.3 is 10.3 Å². The lowest BCUT2D eigenvalue weighted by Crippen LogP contribution is -2.17. The second kappa shape index (κ2) is 4.81. The largest absolute Gasteiger partial charge is 0.364 e. The summed E-state index contributed by atoms with van der Waals surface area (Å²) in [6, 6.07) is 13.6. The fraction of sp³-hybridized carbons (Fsp3) is 0.125. The van der Waals surface area contributed by atoms with Crippen LogP contribution < -0.4 is 5.73 Å². The molecule has 0 aliphatic carbocycles. The molecule has 0 saturated carbocycles. The van der Waals surface area contributed by atoms with Crippen molar-refractivity contribution >= 4 is 16.8 Å². The van der Waals surface area contributed by atoms with Crippen LogP contribution in [-0.2, 0) is 6.54 Å². The molecular formula is C16H15N3O. The van der Waals surface area contributed by atoms with E-state index < -0.39 is 5.91 Å². The van der Waals surface area contributed by atoms with Crippen molar-refractivity contribution in [1.29, 1.82) is 0 Å². The third kappa shape index (κ3) is 2.05. The van der Waals surface area contributed by atoms with Crippen molar-refractivity contribution in [2.24, 2.45) is 5.73 Å². The SMILES string of the molecule is Cc1cccc2cc(C(N)=O)n(Cc3ccccn3)c12. The van der Waals surface area contributed by atoms with E-state index in [4.69, 9.17) is 5.73 Å². The highest BCUT2D eigenvalue weighted by Crippen LogP contribution is 2.24. The molecule has 0 unspecified atom stereocenters. The lowest BCUT2D eigenvalue weighted by atomic mass is 10.1. The van der Waals surface area contributed by atoms with Crippen molar-refractivity contribution in [2.75, 3.05) is 0 Å². The van der Waals surface area contributed by atoms with Crippen molar-refractivity contribution in [3.63, 3.8) is 0 Å². The van der Waals surface area contributed by atoms with Crippen molar-refractivity contribution in [2.45, 2.75) is 13.5 Å². The van der Waals surface area contributed by atoms with Crippen molar-refractivity contribution in [3.05, 3.63) is 65.6 Å². The highest BCUT2D eigenvalue weighted by atomic mass is 16.1. The number of aryl methyl sites for hydroxylation is 1. The Bertz CT molecular complexity index is 775. The smallest absolute Gasteiger partial charge is 0.265 e. The molecule has 3 aromatic rings. The number of para-hydroxylation sites is 1. The molecule has 1 aromatic carbocycles. The summed E-state index contributed by atoms with van der Waals surface area (Å²) in [7, 11) is 0. The third-order valence-electron chi connectivity index (χ3n) is 3.42. The van der Waals surface area contributed by atoms with Crippen LogP contribution in [0.3, 0.4) is 0 Å². The third-order valence-corrected chi connectivity index (χ3v) is 3.42. The number of fused-ring (bicyclic) bond motifs is 1. The highest BCUT2D eigenvalue weighted by Gasteiger charge is 2.14. The molecule has 0 aliphatic heterocycles. The molecule has 4 heteroatoms. The Balaban J connectivity index is 2.21. The van der Waals surface area contributed by atoms with Crippen molar-refractivity contribution in [3.8, 4) is 0 Å². The summed E-state index contributed by atoms with van der Waals surface area (Å²) in [4.78, 5) is 16.0. The van der Waals surface area contributed by atoms with Crippen LogP contribution >= 0.6 is 0 Å². The summed E-state index contributed by atoms with van der Waals surface area (Å²) in [5, 5.41) is 1.02. The molecule has 0 atom stereocenters. The second-order valence-corrected chi connectivity index (χ2v) is 4.81. The van der Waals surface area contributed by atoms with E-state index in [2.05, 4.69) is 4.98 Å². The average molecular weight is 265 g/mol. The van der Waals surface area contributed by atoms with Crippen LogP contribution in [0, 0.1) is 6.92 Å². The lowest BCUT2D eigenvalue weighted by molar-refractivity contribution is 0.0992. The number of nitrogens with two attached hydrogens (primary N) is 1. The van der Waals surface area contributed by atoms with Gasteiger partial charge in [0.1, 0.15) is 5.69 Å². The van der Waals surface area contributed by atoms with E-state index in [9.17, 15) is 4.79 Å². The second-order valence-electron chi connectivity index (χ2n) is 4.81. The number of pyridine rings is 1. The Morgan fingerprint density at radius 3 is 2.80 bits per heavy atom. The Kier molecular flexibility index (Phi) is 2.99. The highest BCUT2D eigenvalue weighted by molar-refractivity contribution is 5.98. The molecule has 0 bridgehead atoms. The average Bonchev–Trinajstić information content (AvgIpc) is 2.80. The predicted octanol–water partition coefficient (Wildman–Crippen LogP) is 2.49. The van der Waals surface area contributed by atoms with Gasteiger partial charge in [-0.3, -0.25) is 9.78 Å². The molecule has 0 aliphatic rings. The van der Waals surface area contributed by atoms with E-state index in [0.717, 1.165) is 22.2 Å². The molecule has 0 spiro atoms. The van der Waals surface area contributed by atoms with Gasteiger partial charge in [-0.15, -0.1) is 0 Å². The molecule has 2 heterocycles. The number of rotatable bonds is 3. The van der Waals surface area contributed by atoms with Crippen LogP contribution in [0.4, 0.5) is 0 Å². The minimum absolute atomic E-state index is 0.420. The lowest BCUT2D eigenvalue weighted by Gasteiger charge is -2.10. The fourth-order valence-electron chi connectivity index (χ4n) is 2.53. The Hall–Kier alpha value is -2.62. The number of hydrogen-bond acceptors (Lipinski definition) is 2. The van der Waals surface area contributed by atoms with Crippen LogP contribution in [0.2, 0.25) is 0 Å². The number of carbonyl (C=O) groups is 1. The van der Waals surface area contributed by atoms with Gasteiger partial charge in [0.05, 0.1) is 17.8 Å². The summed E-state index contributed by atoms with van der Waals surface area (Å²) >= 11 is 0. The number of amides is 1. The maximum Gasteiger partial charge on any atom is 0.265 e. The topological polar surface area (TPSA) is 60.9 Å². The fourth-order valence-corrected chi connectivity index (χ4v) is 2.53. The van der Waals surface area contributed by atoms with Gasteiger partial charge in [-0.05, 0) is 30.7 Å². The maximum absolute atomic E-state index is 11.7. The van der Waals surface area contributed by atoms with Gasteiger partial charge in [0, 0.05) is 11.6 Å². The zero-order valence-electron chi connectivity index (χ0n) is 11.2. The van der Waals surface area contributed by atoms with Crippen LogP contribution in [0.5, 0.6) is 0 Å². The van der Waals surface area contributed by atoms with Crippen LogP contribution in [-0.4, -0.2) is 15.5 Å². The summed E-state index contributed by atoms with van der Waals surface area (Å²) in [6.45, 7) is 2.56. The predicted molar refractivity (Wildman–Crippen MR) is 78.5 cm³/mol. The normalized spacial score (nSPS) is 10.8. The first-order valence-corrected chi connectivity index (χ1v) is 6.45. The Labute approximate surface area is 116 Å². The minimum atomic E-state index is -0.420. The summed E-state index contributed by atoms with van der Waals surface area (Å²) in [5.41, 5.74) is 9.07. The minimum Gasteiger partial charge on any atom is -0.364 e. The quantitative estimate of drug-likeness (QED) is 0.791. The molecule has 0 radical (unpaired) electrons. The standard InChI is InChI=1S/C16H15N3O/c1-11-5-4-6-12-9-14(16(17)20)19(15(11)12)10-13-7-2-3-8-18-13/h2-9H,10H2,1H3,(H2,17,20). The number of aromatic nitrogens is 2. The van der Waals surface area contributed by atoms with Crippen molar-refractivity contribution in [1.82, 2.24) is 9.55 Å². The number of nitrogens with zero attached hydrogens (tertiary/aromatic N) is 2. The van der Waals surface area contributed by atoms with Crippen molar-refractivity contribution < 1.29 is 4.79 Å². The molecule has 100 valence electrons. The van der Waals surface area contributed by atoms with Crippen LogP contribution in [0.1, 0.15) is 21.7 Å². The van der Waals surface area contributed by atoms with E-state index in [1.54, 1.807) is 6.20 Å². The number of primary amides is 1. The van der Waals surface area contributed by atoms with Gasteiger partial charge in [-0.1, -0.05) is 24.3 Å². The van der Waals surface area contributed by atoms with Gasteiger partial charge >= 0.3 is 0 Å². The summed E-state index contributed by atoms with van der Waals surface area (Å²) in [5.74, 6) is -0.420.